The van der Waals surface area contributed by atoms with Gasteiger partial charge in [0.25, 0.3) is 5.91 Å². The molecule has 2 heterocycles. The number of amides is 1. The average molecular weight is 338 g/mol. The summed E-state index contributed by atoms with van der Waals surface area (Å²) in [6, 6.07) is 12.3. The number of nitrogens with one attached hydrogen (secondary N) is 1. The second-order valence-electron chi connectivity index (χ2n) is 6.76. The van der Waals surface area contributed by atoms with Crippen molar-refractivity contribution in [2.75, 3.05) is 36.4 Å². The molecule has 1 aromatic carbocycles. The molecule has 1 aromatic heterocycles. The van der Waals surface area contributed by atoms with Gasteiger partial charge in [0.05, 0.1) is 5.56 Å². The Kier molecular flexibility index (Phi) is 5.34. The number of hydrogen-bond donors (Lipinski definition) is 1. The molecule has 1 aliphatic heterocycles. The highest BCUT2D eigenvalue weighted by Gasteiger charge is 2.19. The van der Waals surface area contributed by atoms with E-state index >= 15 is 0 Å². The second kappa shape index (κ2) is 7.66. The van der Waals surface area contributed by atoms with Crippen LogP contribution in [0.1, 0.15) is 29.9 Å². The number of aryl methyl sites for hydroxylation is 1. The highest BCUT2D eigenvalue weighted by atomic mass is 16.1. The number of nitrogens with zero attached hydrogens (tertiary/aromatic N) is 3. The normalized spacial score (nSPS) is 15.4. The quantitative estimate of drug-likeness (QED) is 0.930. The number of hydrogen-bond acceptors (Lipinski definition) is 4. The SMILES string of the molecule is Cc1ncccc1C(=O)Nc1cccc(N2CCN(C(C)C)CC2)c1. The molecular formula is C20H26N4O. The van der Waals surface area contributed by atoms with Gasteiger partial charge in [-0.25, -0.2) is 0 Å². The van der Waals surface area contributed by atoms with Crippen LogP contribution in [-0.4, -0.2) is 48.0 Å². The zero-order valence-corrected chi connectivity index (χ0v) is 15.2. The number of carbonyl (C=O) groups is 1. The van der Waals surface area contributed by atoms with Gasteiger partial charge < -0.3 is 10.2 Å². The molecule has 5 heteroatoms. The first kappa shape index (κ1) is 17.4. The van der Waals surface area contributed by atoms with E-state index in [-0.39, 0.29) is 5.91 Å². The van der Waals surface area contributed by atoms with Crippen LogP contribution in [0.2, 0.25) is 0 Å². The molecular weight excluding hydrogens is 312 g/mol. The van der Waals surface area contributed by atoms with Crippen molar-refractivity contribution in [3.05, 3.63) is 53.9 Å². The Balaban J connectivity index is 1.68. The fourth-order valence-electron chi connectivity index (χ4n) is 3.20. The summed E-state index contributed by atoms with van der Waals surface area (Å²) in [5.74, 6) is -0.118. The minimum atomic E-state index is -0.118. The highest BCUT2D eigenvalue weighted by molar-refractivity contribution is 6.05. The number of benzene rings is 1. The summed E-state index contributed by atoms with van der Waals surface area (Å²) >= 11 is 0. The van der Waals surface area contributed by atoms with Gasteiger partial charge in [0.2, 0.25) is 0 Å². The zero-order valence-electron chi connectivity index (χ0n) is 15.2. The van der Waals surface area contributed by atoms with Crippen LogP contribution in [-0.2, 0) is 0 Å². The molecule has 2 aromatic rings. The summed E-state index contributed by atoms with van der Waals surface area (Å²) in [6.07, 6.45) is 1.70. The Morgan fingerprint density at radius 1 is 1.12 bits per heavy atom. The van der Waals surface area contributed by atoms with E-state index in [4.69, 9.17) is 0 Å². The van der Waals surface area contributed by atoms with Crippen LogP contribution in [0.3, 0.4) is 0 Å². The monoisotopic (exact) mass is 338 g/mol. The number of carbonyl (C=O) groups excluding carboxylic acids is 1. The first-order valence-electron chi connectivity index (χ1n) is 8.86. The molecule has 1 amide bonds. The molecule has 0 unspecified atom stereocenters. The van der Waals surface area contributed by atoms with Crippen LogP contribution in [0.4, 0.5) is 11.4 Å². The molecule has 0 radical (unpaired) electrons. The lowest BCUT2D eigenvalue weighted by Crippen LogP contribution is -2.48. The van der Waals surface area contributed by atoms with Gasteiger partial charge in [-0.05, 0) is 51.1 Å². The first-order valence-corrected chi connectivity index (χ1v) is 8.86. The van der Waals surface area contributed by atoms with Gasteiger partial charge in [-0.1, -0.05) is 6.07 Å². The molecule has 25 heavy (non-hydrogen) atoms. The van der Waals surface area contributed by atoms with Crippen molar-refractivity contribution in [2.24, 2.45) is 0 Å². The van der Waals surface area contributed by atoms with E-state index in [9.17, 15) is 4.79 Å². The van der Waals surface area contributed by atoms with E-state index in [2.05, 4.69) is 46.1 Å². The molecule has 0 saturated carbocycles. The molecule has 5 nitrogen and oxygen atoms in total. The summed E-state index contributed by atoms with van der Waals surface area (Å²) in [7, 11) is 0. The summed E-state index contributed by atoms with van der Waals surface area (Å²) in [5.41, 5.74) is 3.32. The van der Waals surface area contributed by atoms with Crippen molar-refractivity contribution in [1.82, 2.24) is 9.88 Å². The molecule has 1 aliphatic rings. The van der Waals surface area contributed by atoms with E-state index < -0.39 is 0 Å². The predicted octanol–water partition coefficient (Wildman–Crippen LogP) is 3.17. The Morgan fingerprint density at radius 3 is 2.56 bits per heavy atom. The number of pyridine rings is 1. The zero-order chi connectivity index (χ0) is 17.8. The van der Waals surface area contributed by atoms with E-state index in [0.29, 0.717) is 11.6 Å². The van der Waals surface area contributed by atoms with Crippen molar-refractivity contribution >= 4 is 17.3 Å². The fourth-order valence-corrected chi connectivity index (χ4v) is 3.20. The lowest BCUT2D eigenvalue weighted by atomic mass is 10.1. The lowest BCUT2D eigenvalue weighted by molar-refractivity contribution is 0.102. The van der Waals surface area contributed by atoms with Gasteiger partial charge in [-0.15, -0.1) is 0 Å². The van der Waals surface area contributed by atoms with Gasteiger partial charge in [-0.3, -0.25) is 14.7 Å². The molecule has 1 N–H and O–H groups in total. The third-order valence-corrected chi connectivity index (χ3v) is 4.77. The van der Waals surface area contributed by atoms with Gasteiger partial charge in [0.15, 0.2) is 0 Å². The summed E-state index contributed by atoms with van der Waals surface area (Å²) in [5, 5.41) is 2.99. The minimum Gasteiger partial charge on any atom is -0.369 e. The van der Waals surface area contributed by atoms with Gasteiger partial charge in [-0.2, -0.15) is 0 Å². The van der Waals surface area contributed by atoms with Crippen molar-refractivity contribution in [3.8, 4) is 0 Å². The van der Waals surface area contributed by atoms with Crippen molar-refractivity contribution < 1.29 is 4.79 Å². The Bertz CT molecular complexity index is 736. The Labute approximate surface area is 149 Å². The maximum atomic E-state index is 12.5. The average Bonchev–Trinajstić information content (AvgIpc) is 2.62. The van der Waals surface area contributed by atoms with Gasteiger partial charge >= 0.3 is 0 Å². The van der Waals surface area contributed by atoms with Crippen LogP contribution < -0.4 is 10.2 Å². The number of piperazine rings is 1. The van der Waals surface area contributed by atoms with E-state index in [1.807, 2.05) is 19.1 Å². The largest absolute Gasteiger partial charge is 0.369 e. The van der Waals surface area contributed by atoms with Crippen molar-refractivity contribution in [1.29, 1.82) is 0 Å². The molecule has 0 aliphatic carbocycles. The van der Waals surface area contributed by atoms with Crippen LogP contribution >= 0.6 is 0 Å². The van der Waals surface area contributed by atoms with Crippen LogP contribution in [0.5, 0.6) is 0 Å². The van der Waals surface area contributed by atoms with Crippen LogP contribution in [0.15, 0.2) is 42.6 Å². The summed E-state index contributed by atoms with van der Waals surface area (Å²) in [6.45, 7) is 10.5. The third-order valence-electron chi connectivity index (χ3n) is 4.77. The topological polar surface area (TPSA) is 48.5 Å². The molecule has 0 atom stereocenters. The molecule has 0 spiro atoms. The smallest absolute Gasteiger partial charge is 0.257 e. The second-order valence-corrected chi connectivity index (χ2v) is 6.76. The fraction of sp³-hybridized carbons (Fsp3) is 0.400. The highest BCUT2D eigenvalue weighted by Crippen LogP contribution is 2.22. The predicted molar refractivity (Wildman–Crippen MR) is 102 cm³/mol. The van der Waals surface area contributed by atoms with Crippen molar-refractivity contribution in [2.45, 2.75) is 26.8 Å². The molecule has 1 fully saturated rings. The number of rotatable bonds is 4. The number of anilines is 2. The Hall–Kier alpha value is -2.40. The molecule has 132 valence electrons. The van der Waals surface area contributed by atoms with Gasteiger partial charge in [0.1, 0.15) is 0 Å². The maximum Gasteiger partial charge on any atom is 0.257 e. The minimum absolute atomic E-state index is 0.118. The molecule has 0 bridgehead atoms. The van der Waals surface area contributed by atoms with E-state index in [0.717, 1.165) is 43.2 Å². The maximum absolute atomic E-state index is 12.5. The molecule has 3 rings (SSSR count). The number of aromatic nitrogens is 1. The Morgan fingerprint density at radius 2 is 1.88 bits per heavy atom. The van der Waals surface area contributed by atoms with Crippen LogP contribution in [0.25, 0.3) is 0 Å². The van der Waals surface area contributed by atoms with E-state index in [1.54, 1.807) is 18.3 Å². The third kappa shape index (κ3) is 4.17. The summed E-state index contributed by atoms with van der Waals surface area (Å²) < 4.78 is 0. The summed E-state index contributed by atoms with van der Waals surface area (Å²) in [4.78, 5) is 21.5. The molecule has 1 saturated heterocycles. The van der Waals surface area contributed by atoms with Crippen molar-refractivity contribution in [3.63, 3.8) is 0 Å². The first-order chi connectivity index (χ1) is 12.0. The van der Waals surface area contributed by atoms with E-state index in [1.165, 1.54) is 0 Å². The standard InChI is InChI=1S/C20H26N4O/c1-15(2)23-10-12-24(13-11-23)18-7-4-6-17(14-18)22-20(25)19-8-5-9-21-16(19)3/h4-9,14-15H,10-13H2,1-3H3,(H,22,25). The van der Waals surface area contributed by atoms with Gasteiger partial charge in [0, 0.05) is 55.5 Å². The lowest BCUT2D eigenvalue weighted by Gasteiger charge is -2.38. The van der Waals surface area contributed by atoms with Crippen LogP contribution in [0, 0.1) is 6.92 Å².